The molecular weight excluding hydrogens is 132 g/mol. The highest BCUT2D eigenvalue weighted by atomic mass is 14.2. The molecule has 11 heavy (non-hydrogen) atoms. The lowest BCUT2D eigenvalue weighted by molar-refractivity contribution is 0.446. The molecule has 0 saturated heterocycles. The van der Waals surface area contributed by atoms with Gasteiger partial charge in [0, 0.05) is 0 Å². The van der Waals surface area contributed by atoms with Gasteiger partial charge < -0.3 is 0 Å². The first-order valence-electron chi connectivity index (χ1n) is 5.13. The smallest absolute Gasteiger partial charge is 0.0292 e. The first-order valence-corrected chi connectivity index (χ1v) is 5.13. The Kier molecular flexibility index (Phi) is 2.30. The molecule has 0 aromatic heterocycles. The van der Waals surface area contributed by atoms with Crippen LogP contribution in [0, 0.1) is 5.92 Å². The van der Waals surface area contributed by atoms with E-state index in [9.17, 15) is 0 Å². The van der Waals surface area contributed by atoms with Crippen LogP contribution >= 0.6 is 0 Å². The van der Waals surface area contributed by atoms with Crippen LogP contribution in [-0.2, 0) is 0 Å². The quantitative estimate of drug-likeness (QED) is 0.462. The summed E-state index contributed by atoms with van der Waals surface area (Å²) in [5, 5.41) is 0. The van der Waals surface area contributed by atoms with E-state index < -0.39 is 0 Å². The lowest BCUT2D eigenvalue weighted by Crippen LogP contribution is -1.96. The molecule has 0 aliphatic heterocycles. The molecule has 0 N–H and O–H groups in total. The molecule has 2 aliphatic rings. The van der Waals surface area contributed by atoms with Crippen molar-refractivity contribution in [1.82, 2.24) is 0 Å². The van der Waals surface area contributed by atoms with Crippen LogP contribution < -0.4 is 0 Å². The molecule has 1 saturated carbocycles. The van der Waals surface area contributed by atoms with Crippen molar-refractivity contribution in [2.45, 2.75) is 51.4 Å². The van der Waals surface area contributed by atoms with E-state index in [-0.39, 0.29) is 0 Å². The average molecular weight is 150 g/mol. The molecule has 0 aromatic carbocycles. The van der Waals surface area contributed by atoms with Gasteiger partial charge in [0.15, 0.2) is 0 Å². The minimum Gasteiger partial charge on any atom is -0.0853 e. The van der Waals surface area contributed by atoms with Crippen molar-refractivity contribution in [2.24, 2.45) is 5.92 Å². The zero-order valence-electron chi connectivity index (χ0n) is 7.31. The Morgan fingerprint density at radius 2 is 2.00 bits per heavy atom. The summed E-state index contributed by atoms with van der Waals surface area (Å²) in [7, 11) is 0. The molecule has 1 fully saturated rings. The Hall–Kier alpha value is -0.260. The van der Waals surface area contributed by atoms with Crippen LogP contribution in [0.4, 0.5) is 0 Å². The van der Waals surface area contributed by atoms with Gasteiger partial charge in [-0.2, -0.15) is 0 Å². The Morgan fingerprint density at radius 3 is 3.00 bits per heavy atom. The van der Waals surface area contributed by atoms with Crippen molar-refractivity contribution in [3.05, 3.63) is 11.6 Å². The highest BCUT2D eigenvalue weighted by Gasteiger charge is 2.16. The van der Waals surface area contributed by atoms with Gasteiger partial charge in [0.1, 0.15) is 0 Å². The molecule has 0 amide bonds. The summed E-state index contributed by atoms with van der Waals surface area (Å²) in [5.41, 5.74) is 1.78. The van der Waals surface area contributed by atoms with Gasteiger partial charge in [-0.25, -0.2) is 0 Å². The van der Waals surface area contributed by atoms with Crippen LogP contribution in [-0.4, -0.2) is 0 Å². The van der Waals surface area contributed by atoms with Gasteiger partial charge in [-0.15, -0.1) is 0 Å². The van der Waals surface area contributed by atoms with Crippen LogP contribution in [0.3, 0.4) is 0 Å². The van der Waals surface area contributed by atoms with Crippen molar-refractivity contribution in [3.8, 4) is 0 Å². The third-order valence-corrected chi connectivity index (χ3v) is 3.16. The zero-order valence-corrected chi connectivity index (χ0v) is 7.31. The SMILES string of the molecule is C1=C2CCCCC(CCC1)C2. The molecule has 0 radical (unpaired) electrons. The number of allylic oxidation sites excluding steroid dienone is 2. The van der Waals surface area contributed by atoms with Crippen molar-refractivity contribution in [2.75, 3.05) is 0 Å². The van der Waals surface area contributed by atoms with E-state index in [1.165, 1.54) is 51.4 Å². The topological polar surface area (TPSA) is 0 Å². The van der Waals surface area contributed by atoms with Crippen molar-refractivity contribution < 1.29 is 0 Å². The highest BCUT2D eigenvalue weighted by molar-refractivity contribution is 5.06. The Bertz CT molecular complexity index is 155. The fraction of sp³-hybridized carbons (Fsp3) is 0.818. The van der Waals surface area contributed by atoms with E-state index in [2.05, 4.69) is 6.08 Å². The minimum atomic E-state index is 1.06. The molecule has 1 atom stereocenters. The molecule has 62 valence electrons. The number of hydrogen-bond acceptors (Lipinski definition) is 0. The third-order valence-electron chi connectivity index (χ3n) is 3.16. The summed E-state index contributed by atoms with van der Waals surface area (Å²) < 4.78 is 0. The molecule has 0 heterocycles. The van der Waals surface area contributed by atoms with Gasteiger partial charge in [-0.3, -0.25) is 0 Å². The Balaban J connectivity index is 2.07. The number of hydrogen-bond donors (Lipinski definition) is 0. The molecule has 0 spiro atoms. The van der Waals surface area contributed by atoms with E-state index in [0.29, 0.717) is 0 Å². The van der Waals surface area contributed by atoms with E-state index in [4.69, 9.17) is 0 Å². The first kappa shape index (κ1) is 7.39. The molecule has 0 aromatic rings. The molecule has 0 nitrogen and oxygen atoms in total. The van der Waals surface area contributed by atoms with Crippen molar-refractivity contribution in [3.63, 3.8) is 0 Å². The molecule has 1 unspecified atom stereocenters. The summed E-state index contributed by atoms with van der Waals surface area (Å²) in [4.78, 5) is 0. The van der Waals surface area contributed by atoms with E-state index in [1.807, 2.05) is 0 Å². The summed E-state index contributed by atoms with van der Waals surface area (Å²) >= 11 is 0. The van der Waals surface area contributed by atoms with E-state index in [0.717, 1.165) is 5.92 Å². The second-order valence-electron chi connectivity index (χ2n) is 4.11. The molecule has 2 aliphatic carbocycles. The zero-order chi connectivity index (χ0) is 7.52. The van der Waals surface area contributed by atoms with Gasteiger partial charge in [0.25, 0.3) is 0 Å². The Morgan fingerprint density at radius 1 is 1.09 bits per heavy atom. The minimum absolute atomic E-state index is 1.06. The largest absolute Gasteiger partial charge is 0.0853 e. The number of rotatable bonds is 0. The van der Waals surface area contributed by atoms with Gasteiger partial charge in [-0.1, -0.05) is 24.5 Å². The third kappa shape index (κ3) is 1.85. The monoisotopic (exact) mass is 150 g/mol. The molecule has 2 bridgehead atoms. The summed E-state index contributed by atoms with van der Waals surface area (Å²) in [6, 6.07) is 0. The van der Waals surface area contributed by atoms with Crippen molar-refractivity contribution >= 4 is 0 Å². The summed E-state index contributed by atoms with van der Waals surface area (Å²) in [6.07, 6.45) is 14.2. The lowest BCUT2D eigenvalue weighted by atomic mass is 9.95. The van der Waals surface area contributed by atoms with Crippen LogP contribution in [0.5, 0.6) is 0 Å². The van der Waals surface area contributed by atoms with Crippen LogP contribution in [0.2, 0.25) is 0 Å². The molecular formula is C11H18. The fourth-order valence-electron chi connectivity index (χ4n) is 2.50. The Labute approximate surface area is 69.7 Å². The number of fused-ring (bicyclic) bond motifs is 2. The average Bonchev–Trinajstić information content (AvgIpc) is 2.36. The molecule has 2 rings (SSSR count). The normalized spacial score (nSPS) is 32.0. The van der Waals surface area contributed by atoms with Gasteiger partial charge in [0.2, 0.25) is 0 Å². The van der Waals surface area contributed by atoms with Crippen LogP contribution in [0.1, 0.15) is 51.4 Å². The van der Waals surface area contributed by atoms with Crippen LogP contribution in [0.25, 0.3) is 0 Å². The standard InChI is InChI=1S/C11H18/c1-2-6-11-8-4-3-7-10(5-1)9-11/h5,11H,1-4,6-9H2. The van der Waals surface area contributed by atoms with E-state index in [1.54, 1.807) is 5.57 Å². The maximum absolute atomic E-state index is 2.52. The second-order valence-corrected chi connectivity index (χ2v) is 4.11. The predicted octanol–water partition coefficient (Wildman–Crippen LogP) is 3.68. The lowest BCUT2D eigenvalue weighted by Gasteiger charge is -2.10. The van der Waals surface area contributed by atoms with E-state index >= 15 is 0 Å². The van der Waals surface area contributed by atoms with Gasteiger partial charge >= 0.3 is 0 Å². The maximum atomic E-state index is 2.52. The second kappa shape index (κ2) is 3.42. The maximum Gasteiger partial charge on any atom is -0.0292 e. The van der Waals surface area contributed by atoms with Gasteiger partial charge in [0.05, 0.1) is 0 Å². The predicted molar refractivity (Wildman–Crippen MR) is 48.5 cm³/mol. The molecule has 0 heteroatoms. The van der Waals surface area contributed by atoms with Crippen molar-refractivity contribution in [1.29, 1.82) is 0 Å². The van der Waals surface area contributed by atoms with Gasteiger partial charge in [-0.05, 0) is 44.4 Å². The summed E-state index contributed by atoms with van der Waals surface area (Å²) in [5.74, 6) is 1.06. The highest BCUT2D eigenvalue weighted by Crippen LogP contribution is 2.33. The first-order chi connectivity index (χ1) is 5.45. The fourth-order valence-corrected chi connectivity index (χ4v) is 2.50. The summed E-state index contributed by atoms with van der Waals surface area (Å²) in [6.45, 7) is 0. The van der Waals surface area contributed by atoms with Crippen LogP contribution in [0.15, 0.2) is 11.6 Å².